The Labute approximate surface area is 133 Å². The molecular formula is C16H18N2O3S. The smallest absolute Gasteiger partial charge is 0.251 e. The van der Waals surface area contributed by atoms with Gasteiger partial charge in [0.1, 0.15) is 18.2 Å². The minimum Gasteiger partial charge on any atom is -0.486 e. The molecule has 1 aromatic heterocycles. The normalized spacial score (nSPS) is 14.5. The van der Waals surface area contributed by atoms with Gasteiger partial charge in [0.15, 0.2) is 11.5 Å². The van der Waals surface area contributed by atoms with E-state index in [9.17, 15) is 4.79 Å². The monoisotopic (exact) mass is 318 g/mol. The van der Waals surface area contributed by atoms with Gasteiger partial charge in [0, 0.05) is 16.6 Å². The van der Waals surface area contributed by atoms with Crippen LogP contribution in [0.25, 0.3) is 0 Å². The molecule has 1 amide bonds. The first-order chi connectivity index (χ1) is 10.7. The van der Waals surface area contributed by atoms with E-state index in [1.165, 1.54) is 0 Å². The van der Waals surface area contributed by atoms with Crippen molar-refractivity contribution in [3.8, 4) is 11.5 Å². The summed E-state index contributed by atoms with van der Waals surface area (Å²) in [5.74, 6) is 1.18. The van der Waals surface area contributed by atoms with Gasteiger partial charge in [-0.15, -0.1) is 11.3 Å². The number of aryl methyl sites for hydroxylation is 1. The van der Waals surface area contributed by atoms with Crippen molar-refractivity contribution in [1.29, 1.82) is 0 Å². The van der Waals surface area contributed by atoms with E-state index in [1.807, 2.05) is 19.2 Å². The molecule has 1 aromatic carbocycles. The van der Waals surface area contributed by atoms with Crippen LogP contribution in [0.15, 0.2) is 23.6 Å². The van der Waals surface area contributed by atoms with E-state index in [2.05, 4.69) is 10.3 Å². The summed E-state index contributed by atoms with van der Waals surface area (Å²) in [7, 11) is 0. The van der Waals surface area contributed by atoms with Gasteiger partial charge < -0.3 is 14.8 Å². The Morgan fingerprint density at radius 3 is 2.82 bits per heavy atom. The lowest BCUT2D eigenvalue weighted by atomic mass is 10.1. The summed E-state index contributed by atoms with van der Waals surface area (Å²) in [4.78, 5) is 16.9. The van der Waals surface area contributed by atoms with Crippen LogP contribution in [0.5, 0.6) is 11.5 Å². The van der Waals surface area contributed by atoms with Gasteiger partial charge in [0.2, 0.25) is 0 Å². The zero-order chi connectivity index (χ0) is 15.5. The van der Waals surface area contributed by atoms with Gasteiger partial charge in [-0.25, -0.2) is 4.98 Å². The molecule has 0 radical (unpaired) electrons. The number of amides is 1. The first-order valence-electron chi connectivity index (χ1n) is 7.30. The van der Waals surface area contributed by atoms with Gasteiger partial charge in [-0.05, 0) is 31.5 Å². The van der Waals surface area contributed by atoms with Crippen molar-refractivity contribution in [2.45, 2.75) is 26.3 Å². The van der Waals surface area contributed by atoms with E-state index in [4.69, 9.17) is 9.47 Å². The van der Waals surface area contributed by atoms with E-state index >= 15 is 0 Å². The Kier molecular flexibility index (Phi) is 4.29. The summed E-state index contributed by atoms with van der Waals surface area (Å²) < 4.78 is 11.0. The molecule has 22 heavy (non-hydrogen) atoms. The van der Waals surface area contributed by atoms with Crippen molar-refractivity contribution >= 4 is 17.2 Å². The first kappa shape index (κ1) is 14.8. The zero-order valence-corrected chi connectivity index (χ0v) is 13.4. The van der Waals surface area contributed by atoms with Crippen molar-refractivity contribution in [3.05, 3.63) is 39.8 Å². The Morgan fingerprint density at radius 2 is 2.14 bits per heavy atom. The number of aromatic nitrogens is 1. The van der Waals surface area contributed by atoms with Crippen LogP contribution in [0.4, 0.5) is 0 Å². The molecule has 0 aliphatic carbocycles. The third-order valence-electron chi connectivity index (χ3n) is 3.45. The van der Waals surface area contributed by atoms with Crippen molar-refractivity contribution in [2.24, 2.45) is 0 Å². The number of nitrogens with zero attached hydrogens (tertiary/aromatic N) is 1. The van der Waals surface area contributed by atoms with Crippen molar-refractivity contribution < 1.29 is 14.3 Å². The maximum absolute atomic E-state index is 12.4. The van der Waals surface area contributed by atoms with Crippen LogP contribution in [0, 0.1) is 6.92 Å². The predicted octanol–water partition coefficient (Wildman–Crippen LogP) is 3.10. The Morgan fingerprint density at radius 1 is 1.36 bits per heavy atom. The van der Waals surface area contributed by atoms with Crippen LogP contribution in [-0.2, 0) is 0 Å². The fraction of sp³-hybridized carbons (Fsp3) is 0.375. The first-order valence-corrected chi connectivity index (χ1v) is 8.18. The molecule has 5 nitrogen and oxygen atoms in total. The van der Waals surface area contributed by atoms with Gasteiger partial charge >= 0.3 is 0 Å². The number of carbonyl (C=O) groups excluding carboxylic acids is 1. The highest BCUT2D eigenvalue weighted by Gasteiger charge is 2.19. The molecule has 0 saturated heterocycles. The number of hydrogen-bond donors (Lipinski definition) is 1. The van der Waals surface area contributed by atoms with Crippen LogP contribution in [0.1, 0.15) is 40.4 Å². The second-order valence-corrected chi connectivity index (χ2v) is 6.01. The lowest BCUT2D eigenvalue weighted by Crippen LogP contribution is -2.28. The van der Waals surface area contributed by atoms with Crippen LogP contribution < -0.4 is 14.8 Å². The molecule has 1 N–H and O–H groups in total. The number of rotatable bonds is 4. The average molecular weight is 318 g/mol. The van der Waals surface area contributed by atoms with Gasteiger partial charge in [0.05, 0.1) is 6.04 Å². The zero-order valence-electron chi connectivity index (χ0n) is 12.6. The molecule has 0 fully saturated rings. The van der Waals surface area contributed by atoms with Gasteiger partial charge in [-0.1, -0.05) is 6.92 Å². The summed E-state index contributed by atoms with van der Waals surface area (Å²) in [6.07, 6.45) is 0.795. The minimum absolute atomic E-state index is 0.0700. The lowest BCUT2D eigenvalue weighted by Gasteiger charge is -2.19. The Bertz CT molecular complexity index is 684. The number of carbonyl (C=O) groups is 1. The third kappa shape index (κ3) is 3.06. The molecule has 1 aliphatic rings. The van der Waals surface area contributed by atoms with Crippen LogP contribution >= 0.6 is 11.3 Å². The molecule has 3 rings (SSSR count). The molecule has 116 valence electrons. The molecule has 0 spiro atoms. The maximum atomic E-state index is 12.4. The van der Waals surface area contributed by atoms with Crippen molar-refractivity contribution in [1.82, 2.24) is 10.3 Å². The van der Waals surface area contributed by atoms with Gasteiger partial charge in [-0.3, -0.25) is 4.79 Å². The number of nitrogens with one attached hydrogen (secondary N) is 1. The topological polar surface area (TPSA) is 60.5 Å². The van der Waals surface area contributed by atoms with Crippen LogP contribution in [0.3, 0.4) is 0 Å². The second-order valence-electron chi connectivity index (χ2n) is 5.12. The molecule has 2 heterocycles. The molecule has 0 saturated carbocycles. The SMILES string of the molecule is CC[C@H](NC(=O)c1ccc2c(c1)OCCO2)c1nc(C)cs1. The molecular weight excluding hydrogens is 300 g/mol. The van der Waals surface area contributed by atoms with E-state index in [0.717, 1.165) is 17.1 Å². The second kappa shape index (κ2) is 6.36. The van der Waals surface area contributed by atoms with Crippen molar-refractivity contribution in [2.75, 3.05) is 13.2 Å². The molecule has 1 aliphatic heterocycles. The highest BCUT2D eigenvalue weighted by atomic mass is 32.1. The third-order valence-corrected chi connectivity index (χ3v) is 4.53. The minimum atomic E-state index is -0.128. The predicted molar refractivity (Wildman–Crippen MR) is 84.8 cm³/mol. The van der Waals surface area contributed by atoms with Gasteiger partial charge in [-0.2, -0.15) is 0 Å². The van der Waals surface area contributed by atoms with Crippen LogP contribution in [-0.4, -0.2) is 24.1 Å². The Balaban J connectivity index is 1.75. The maximum Gasteiger partial charge on any atom is 0.251 e. The fourth-order valence-corrected chi connectivity index (χ4v) is 3.23. The lowest BCUT2D eigenvalue weighted by molar-refractivity contribution is 0.0934. The van der Waals surface area contributed by atoms with E-state index in [-0.39, 0.29) is 11.9 Å². The van der Waals surface area contributed by atoms with E-state index in [1.54, 1.807) is 29.5 Å². The summed E-state index contributed by atoms with van der Waals surface area (Å²) >= 11 is 1.57. The number of benzene rings is 1. The van der Waals surface area contributed by atoms with E-state index in [0.29, 0.717) is 30.3 Å². The highest BCUT2D eigenvalue weighted by molar-refractivity contribution is 7.09. The number of hydrogen-bond acceptors (Lipinski definition) is 5. The summed E-state index contributed by atoms with van der Waals surface area (Å²) in [5, 5.41) is 5.96. The number of ether oxygens (including phenoxy) is 2. The molecule has 6 heteroatoms. The summed E-state index contributed by atoms with van der Waals surface area (Å²) in [5.41, 5.74) is 1.54. The summed E-state index contributed by atoms with van der Waals surface area (Å²) in [6.45, 7) is 5.04. The quantitative estimate of drug-likeness (QED) is 0.941. The standard InChI is InChI=1S/C16H18N2O3S/c1-3-12(16-17-10(2)9-22-16)18-15(19)11-4-5-13-14(8-11)21-7-6-20-13/h4-5,8-9,12H,3,6-7H2,1-2H3,(H,18,19)/t12-/m0/s1. The van der Waals surface area contributed by atoms with Crippen LogP contribution in [0.2, 0.25) is 0 Å². The largest absolute Gasteiger partial charge is 0.486 e. The number of fused-ring (bicyclic) bond motifs is 1. The average Bonchev–Trinajstić information content (AvgIpc) is 2.98. The van der Waals surface area contributed by atoms with Crippen molar-refractivity contribution in [3.63, 3.8) is 0 Å². The number of thiazole rings is 1. The highest BCUT2D eigenvalue weighted by Crippen LogP contribution is 2.31. The molecule has 1 atom stereocenters. The summed E-state index contributed by atoms with van der Waals surface area (Å²) in [6, 6.07) is 5.18. The Hall–Kier alpha value is -2.08. The van der Waals surface area contributed by atoms with Gasteiger partial charge in [0.25, 0.3) is 5.91 Å². The molecule has 2 aromatic rings. The van der Waals surface area contributed by atoms with E-state index < -0.39 is 0 Å². The fourth-order valence-electron chi connectivity index (χ4n) is 2.30. The molecule has 0 bridgehead atoms. The molecule has 0 unspecified atom stereocenters.